The summed E-state index contributed by atoms with van der Waals surface area (Å²) in [5, 5.41) is 2.56. The van der Waals surface area contributed by atoms with Gasteiger partial charge in [0.15, 0.2) is 0 Å². The molecular formula is C15H21N3O3. The van der Waals surface area contributed by atoms with Gasteiger partial charge in [-0.05, 0) is 18.6 Å². The van der Waals surface area contributed by atoms with E-state index in [0.717, 1.165) is 31.6 Å². The molecule has 2 fully saturated rings. The van der Waals surface area contributed by atoms with Crippen molar-refractivity contribution in [1.29, 1.82) is 0 Å². The molecule has 0 aromatic carbocycles. The third-order valence-electron chi connectivity index (χ3n) is 4.23. The minimum absolute atomic E-state index is 0.0103. The Labute approximate surface area is 124 Å². The van der Waals surface area contributed by atoms with Gasteiger partial charge in [0.2, 0.25) is 5.91 Å². The summed E-state index contributed by atoms with van der Waals surface area (Å²) in [4.78, 5) is 17.7. The lowest BCUT2D eigenvalue weighted by Crippen LogP contribution is -2.33. The lowest BCUT2D eigenvalue weighted by atomic mass is 9.98. The number of pyridine rings is 1. The SMILES string of the molecule is CNC(=O)CO[C@H]1CO[C@]2(CCN(c3cccnc3)C2)C1. The van der Waals surface area contributed by atoms with Crippen LogP contribution in [-0.4, -0.2) is 55.9 Å². The molecule has 6 nitrogen and oxygen atoms in total. The Morgan fingerprint density at radius 3 is 3.33 bits per heavy atom. The normalized spacial score (nSPS) is 28.2. The molecule has 21 heavy (non-hydrogen) atoms. The number of carbonyl (C=O) groups excluding carboxylic acids is 1. The number of nitrogens with zero attached hydrogens (tertiary/aromatic N) is 2. The molecule has 1 amide bonds. The highest BCUT2D eigenvalue weighted by Crippen LogP contribution is 2.37. The zero-order chi connectivity index (χ0) is 14.7. The van der Waals surface area contributed by atoms with Crippen LogP contribution in [0.25, 0.3) is 0 Å². The first-order valence-corrected chi connectivity index (χ1v) is 7.32. The van der Waals surface area contributed by atoms with E-state index in [4.69, 9.17) is 9.47 Å². The maximum Gasteiger partial charge on any atom is 0.245 e. The van der Waals surface area contributed by atoms with Crippen LogP contribution < -0.4 is 10.2 Å². The van der Waals surface area contributed by atoms with Crippen molar-refractivity contribution in [3.63, 3.8) is 0 Å². The van der Waals surface area contributed by atoms with Crippen molar-refractivity contribution >= 4 is 11.6 Å². The van der Waals surface area contributed by atoms with Crippen LogP contribution in [0.15, 0.2) is 24.5 Å². The van der Waals surface area contributed by atoms with Gasteiger partial charge in [-0.1, -0.05) is 0 Å². The number of aromatic nitrogens is 1. The van der Waals surface area contributed by atoms with E-state index in [1.165, 1.54) is 0 Å². The summed E-state index contributed by atoms with van der Waals surface area (Å²) < 4.78 is 11.6. The maximum atomic E-state index is 11.2. The Morgan fingerprint density at radius 2 is 2.57 bits per heavy atom. The Balaban J connectivity index is 1.55. The van der Waals surface area contributed by atoms with Gasteiger partial charge in [-0.25, -0.2) is 0 Å². The average Bonchev–Trinajstić information content (AvgIpc) is 3.13. The summed E-state index contributed by atoms with van der Waals surface area (Å²) >= 11 is 0. The van der Waals surface area contributed by atoms with Crippen molar-refractivity contribution in [2.75, 3.05) is 38.3 Å². The highest BCUT2D eigenvalue weighted by molar-refractivity contribution is 5.76. The van der Waals surface area contributed by atoms with Crippen LogP contribution in [0.4, 0.5) is 5.69 Å². The molecule has 2 atom stereocenters. The topological polar surface area (TPSA) is 63.7 Å². The van der Waals surface area contributed by atoms with Crippen LogP contribution in [0.3, 0.4) is 0 Å². The number of carbonyl (C=O) groups is 1. The Morgan fingerprint density at radius 1 is 1.67 bits per heavy atom. The maximum absolute atomic E-state index is 11.2. The number of hydrogen-bond acceptors (Lipinski definition) is 5. The number of ether oxygens (including phenoxy) is 2. The smallest absolute Gasteiger partial charge is 0.245 e. The molecule has 6 heteroatoms. The number of anilines is 1. The number of nitrogens with one attached hydrogen (secondary N) is 1. The van der Waals surface area contributed by atoms with E-state index >= 15 is 0 Å². The van der Waals surface area contributed by atoms with Gasteiger partial charge in [-0.15, -0.1) is 0 Å². The van der Waals surface area contributed by atoms with Gasteiger partial charge in [0.05, 0.1) is 30.2 Å². The molecule has 1 N–H and O–H groups in total. The summed E-state index contributed by atoms with van der Waals surface area (Å²) in [6.07, 6.45) is 5.51. The van der Waals surface area contributed by atoms with Crippen LogP contribution in [-0.2, 0) is 14.3 Å². The monoisotopic (exact) mass is 291 g/mol. The molecule has 3 heterocycles. The zero-order valence-corrected chi connectivity index (χ0v) is 12.2. The van der Waals surface area contributed by atoms with Crippen LogP contribution >= 0.6 is 0 Å². The predicted octanol–water partition coefficient (Wildman–Crippen LogP) is 0.582. The van der Waals surface area contributed by atoms with Crippen molar-refractivity contribution in [2.45, 2.75) is 24.5 Å². The van der Waals surface area contributed by atoms with Crippen molar-refractivity contribution < 1.29 is 14.3 Å². The van der Waals surface area contributed by atoms with E-state index in [2.05, 4.69) is 21.3 Å². The van der Waals surface area contributed by atoms with Crippen molar-refractivity contribution in [3.8, 4) is 0 Å². The standard InChI is InChI=1S/C15H21N3O3/c1-16-14(19)10-20-13-7-15(21-9-13)4-6-18(11-15)12-3-2-5-17-8-12/h2-3,5,8,13H,4,6-7,9-11H2,1H3,(H,16,19)/t13-,15-/m1/s1. The molecule has 2 aliphatic heterocycles. The molecule has 1 aromatic rings. The van der Waals surface area contributed by atoms with Gasteiger partial charge in [0.25, 0.3) is 0 Å². The third kappa shape index (κ3) is 3.16. The highest BCUT2D eigenvalue weighted by atomic mass is 16.6. The van der Waals surface area contributed by atoms with E-state index in [9.17, 15) is 4.79 Å². The van der Waals surface area contributed by atoms with Crippen LogP contribution in [0.5, 0.6) is 0 Å². The van der Waals surface area contributed by atoms with Gasteiger partial charge in [-0.2, -0.15) is 0 Å². The summed E-state index contributed by atoms with van der Waals surface area (Å²) in [7, 11) is 1.61. The molecule has 0 unspecified atom stereocenters. The molecule has 1 aromatic heterocycles. The second-order valence-electron chi connectivity index (χ2n) is 5.69. The zero-order valence-electron chi connectivity index (χ0n) is 12.2. The second kappa shape index (κ2) is 5.99. The largest absolute Gasteiger partial charge is 0.370 e. The number of amides is 1. The second-order valence-corrected chi connectivity index (χ2v) is 5.69. The van der Waals surface area contributed by atoms with E-state index in [0.29, 0.717) is 6.61 Å². The van der Waals surface area contributed by atoms with Gasteiger partial charge < -0.3 is 19.7 Å². The van der Waals surface area contributed by atoms with E-state index in [1.807, 2.05) is 12.3 Å². The van der Waals surface area contributed by atoms with Gasteiger partial charge in [0.1, 0.15) is 6.61 Å². The molecule has 1 spiro atoms. The fourth-order valence-corrected chi connectivity index (χ4v) is 3.07. The molecule has 0 radical (unpaired) electrons. The van der Waals surface area contributed by atoms with Crippen molar-refractivity contribution in [2.24, 2.45) is 0 Å². The van der Waals surface area contributed by atoms with Crippen LogP contribution in [0.1, 0.15) is 12.8 Å². The summed E-state index contributed by atoms with van der Waals surface area (Å²) in [6, 6.07) is 4.02. The van der Waals surface area contributed by atoms with Crippen molar-refractivity contribution in [3.05, 3.63) is 24.5 Å². The Bertz CT molecular complexity index is 496. The Hall–Kier alpha value is -1.66. The molecule has 0 bridgehead atoms. The van der Waals surface area contributed by atoms with E-state index < -0.39 is 0 Å². The summed E-state index contributed by atoms with van der Waals surface area (Å²) in [5.41, 5.74) is 0.996. The first-order chi connectivity index (χ1) is 10.2. The number of rotatable bonds is 4. The molecular weight excluding hydrogens is 270 g/mol. The minimum Gasteiger partial charge on any atom is -0.370 e. The minimum atomic E-state index is -0.136. The van der Waals surface area contributed by atoms with Gasteiger partial charge >= 0.3 is 0 Å². The lowest BCUT2D eigenvalue weighted by Gasteiger charge is -2.24. The summed E-state index contributed by atoms with van der Waals surface area (Å²) in [5.74, 6) is -0.0978. The summed E-state index contributed by atoms with van der Waals surface area (Å²) in [6.45, 7) is 2.50. The molecule has 0 aliphatic carbocycles. The molecule has 3 rings (SSSR count). The van der Waals surface area contributed by atoms with Gasteiger partial charge in [-0.3, -0.25) is 9.78 Å². The van der Waals surface area contributed by atoms with E-state index in [-0.39, 0.29) is 24.2 Å². The van der Waals surface area contributed by atoms with Crippen molar-refractivity contribution in [1.82, 2.24) is 10.3 Å². The number of likely N-dealkylation sites (N-methyl/N-ethyl adjacent to an activating group) is 1. The highest BCUT2D eigenvalue weighted by Gasteiger charge is 2.46. The first kappa shape index (κ1) is 14.3. The quantitative estimate of drug-likeness (QED) is 0.879. The van der Waals surface area contributed by atoms with Gasteiger partial charge in [0, 0.05) is 32.8 Å². The Kier molecular flexibility index (Phi) is 4.07. The molecule has 0 saturated carbocycles. The molecule has 2 aliphatic rings. The van der Waals surface area contributed by atoms with Crippen LogP contribution in [0.2, 0.25) is 0 Å². The molecule has 2 saturated heterocycles. The predicted molar refractivity (Wildman–Crippen MR) is 78.2 cm³/mol. The third-order valence-corrected chi connectivity index (χ3v) is 4.23. The van der Waals surface area contributed by atoms with E-state index in [1.54, 1.807) is 13.2 Å². The lowest BCUT2D eigenvalue weighted by molar-refractivity contribution is -0.127. The fourth-order valence-electron chi connectivity index (χ4n) is 3.07. The fraction of sp³-hybridized carbons (Fsp3) is 0.600. The first-order valence-electron chi connectivity index (χ1n) is 7.32. The number of hydrogen-bond donors (Lipinski definition) is 1. The molecule has 114 valence electrons. The average molecular weight is 291 g/mol. The van der Waals surface area contributed by atoms with Crippen LogP contribution in [0, 0.1) is 0 Å².